The molecule has 0 aliphatic carbocycles. The van der Waals surface area contributed by atoms with Crippen LogP contribution in [0.2, 0.25) is 0 Å². The molecule has 1 unspecified atom stereocenters. The molecule has 1 aromatic carbocycles. The number of methoxy groups -OCH3 is 2. The van der Waals surface area contributed by atoms with Crippen LogP contribution in [0.25, 0.3) is 0 Å². The molecule has 1 aliphatic heterocycles. The fourth-order valence-electron chi connectivity index (χ4n) is 2.49. The smallest absolute Gasteiger partial charge is 0.161 e. The second-order valence-electron chi connectivity index (χ2n) is 5.21. The lowest BCUT2D eigenvalue weighted by Crippen LogP contribution is -2.42. The molecule has 0 saturated carbocycles. The molecule has 1 aromatic rings. The van der Waals surface area contributed by atoms with Crippen LogP contribution in [0.1, 0.15) is 18.9 Å². The molecule has 2 rings (SSSR count). The largest absolute Gasteiger partial charge is 0.493 e. The van der Waals surface area contributed by atoms with Gasteiger partial charge in [-0.05, 0) is 24.6 Å². The van der Waals surface area contributed by atoms with Gasteiger partial charge in [-0.2, -0.15) is 0 Å². The van der Waals surface area contributed by atoms with Gasteiger partial charge in [0, 0.05) is 33.2 Å². The Morgan fingerprint density at radius 3 is 2.76 bits per heavy atom. The van der Waals surface area contributed by atoms with E-state index < -0.39 is 0 Å². The van der Waals surface area contributed by atoms with Crippen molar-refractivity contribution in [1.29, 1.82) is 0 Å². The van der Waals surface area contributed by atoms with E-state index in [2.05, 4.69) is 5.32 Å². The zero-order valence-corrected chi connectivity index (χ0v) is 13.1. The molecule has 1 heterocycles. The van der Waals surface area contributed by atoms with Gasteiger partial charge in [-0.3, -0.25) is 0 Å². The normalized spacial score (nSPS) is 21.5. The molecule has 1 atom stereocenters. The summed E-state index contributed by atoms with van der Waals surface area (Å²) >= 11 is 0. The molecule has 1 fully saturated rings. The van der Waals surface area contributed by atoms with Crippen LogP contribution in [0.4, 0.5) is 0 Å². The molecule has 21 heavy (non-hydrogen) atoms. The van der Waals surface area contributed by atoms with Crippen LogP contribution in [-0.2, 0) is 16.0 Å². The summed E-state index contributed by atoms with van der Waals surface area (Å²) in [6.07, 6.45) is 0.934. The second kappa shape index (κ2) is 7.64. The molecule has 118 valence electrons. The van der Waals surface area contributed by atoms with Gasteiger partial charge in [-0.25, -0.2) is 0 Å². The summed E-state index contributed by atoms with van der Waals surface area (Å²) in [5, 5.41) is 3.44. The van der Waals surface area contributed by atoms with Crippen molar-refractivity contribution in [3.8, 4) is 11.5 Å². The van der Waals surface area contributed by atoms with E-state index in [1.807, 2.05) is 25.1 Å². The quantitative estimate of drug-likeness (QED) is 0.795. The third kappa shape index (κ3) is 4.09. The lowest BCUT2D eigenvalue weighted by Gasteiger charge is -2.26. The maximum atomic E-state index is 5.60. The van der Waals surface area contributed by atoms with Crippen molar-refractivity contribution in [2.75, 3.05) is 40.6 Å². The fourth-order valence-corrected chi connectivity index (χ4v) is 2.49. The average molecular weight is 295 g/mol. The minimum Gasteiger partial charge on any atom is -0.493 e. The third-order valence-electron chi connectivity index (χ3n) is 3.80. The molecule has 5 heteroatoms. The van der Waals surface area contributed by atoms with E-state index >= 15 is 0 Å². The summed E-state index contributed by atoms with van der Waals surface area (Å²) in [4.78, 5) is 0. The molecule has 0 spiro atoms. The van der Waals surface area contributed by atoms with Crippen LogP contribution in [0.5, 0.6) is 11.5 Å². The molecule has 5 nitrogen and oxygen atoms in total. The van der Waals surface area contributed by atoms with Crippen LogP contribution in [-0.4, -0.2) is 46.2 Å². The number of ether oxygens (including phenoxy) is 4. The molecule has 0 bridgehead atoms. The van der Waals surface area contributed by atoms with Gasteiger partial charge in [-0.15, -0.1) is 0 Å². The molecular formula is C16H25NO4. The number of rotatable bonds is 8. The number of hydrogen-bond donors (Lipinski definition) is 1. The Kier molecular flexibility index (Phi) is 5.85. The highest BCUT2D eigenvalue weighted by molar-refractivity contribution is 5.42. The number of benzene rings is 1. The first kappa shape index (κ1) is 16.1. The summed E-state index contributed by atoms with van der Waals surface area (Å²) in [5.74, 6) is 1.54. The summed E-state index contributed by atoms with van der Waals surface area (Å²) in [6, 6.07) is 6.00. The van der Waals surface area contributed by atoms with E-state index in [1.54, 1.807) is 14.2 Å². The highest BCUT2D eigenvalue weighted by Gasteiger charge is 2.34. The maximum Gasteiger partial charge on any atom is 0.161 e. The molecule has 1 N–H and O–H groups in total. The monoisotopic (exact) mass is 295 g/mol. The van der Waals surface area contributed by atoms with E-state index in [1.165, 1.54) is 0 Å². The van der Waals surface area contributed by atoms with Crippen LogP contribution in [0.15, 0.2) is 18.2 Å². The fraction of sp³-hybridized carbons (Fsp3) is 0.625. The molecule has 1 saturated heterocycles. The summed E-state index contributed by atoms with van der Waals surface area (Å²) in [5.41, 5.74) is 0.968. The minimum atomic E-state index is -0.185. The molecular weight excluding hydrogens is 270 g/mol. The topological polar surface area (TPSA) is 49.0 Å². The van der Waals surface area contributed by atoms with Crippen molar-refractivity contribution < 1.29 is 18.9 Å². The van der Waals surface area contributed by atoms with E-state index in [4.69, 9.17) is 18.9 Å². The zero-order valence-electron chi connectivity index (χ0n) is 13.1. The summed E-state index contributed by atoms with van der Waals surface area (Å²) in [7, 11) is 3.40. The van der Waals surface area contributed by atoms with Crippen molar-refractivity contribution in [2.24, 2.45) is 0 Å². The molecule has 0 amide bonds. The lowest BCUT2D eigenvalue weighted by atomic mass is 10.0. The van der Waals surface area contributed by atoms with Gasteiger partial charge in [-0.1, -0.05) is 6.07 Å². The summed E-state index contributed by atoms with van der Waals surface area (Å²) < 4.78 is 21.9. The Labute approximate surface area is 126 Å². The third-order valence-corrected chi connectivity index (χ3v) is 3.80. The predicted molar refractivity (Wildman–Crippen MR) is 81.0 cm³/mol. The predicted octanol–water partition coefficient (Wildman–Crippen LogP) is 1.99. The average Bonchev–Trinajstić information content (AvgIpc) is 2.98. The van der Waals surface area contributed by atoms with Gasteiger partial charge < -0.3 is 24.3 Å². The highest BCUT2D eigenvalue weighted by atomic mass is 16.5. The molecule has 0 aromatic heterocycles. The van der Waals surface area contributed by atoms with Gasteiger partial charge in [0.1, 0.15) is 5.60 Å². The summed E-state index contributed by atoms with van der Waals surface area (Å²) in [6.45, 7) is 5.55. The second-order valence-corrected chi connectivity index (χ2v) is 5.21. The maximum absolute atomic E-state index is 5.60. The van der Waals surface area contributed by atoms with E-state index in [9.17, 15) is 0 Å². The highest BCUT2D eigenvalue weighted by Crippen LogP contribution is 2.28. The van der Waals surface area contributed by atoms with Gasteiger partial charge in [0.05, 0.1) is 20.3 Å². The van der Waals surface area contributed by atoms with Crippen molar-refractivity contribution >= 4 is 0 Å². The van der Waals surface area contributed by atoms with Gasteiger partial charge >= 0.3 is 0 Å². The van der Waals surface area contributed by atoms with Gasteiger partial charge in [0.15, 0.2) is 11.5 Å². The van der Waals surface area contributed by atoms with Gasteiger partial charge in [0.25, 0.3) is 0 Å². The first-order valence-electron chi connectivity index (χ1n) is 7.36. The SMILES string of the molecule is CCOc1ccc(CNCC2(OC)CCOC2)cc1OC. The van der Waals surface area contributed by atoms with Crippen LogP contribution in [0.3, 0.4) is 0 Å². The standard InChI is InChI=1S/C16H25NO4/c1-4-21-14-6-5-13(9-15(14)18-2)10-17-11-16(19-3)7-8-20-12-16/h5-6,9,17H,4,7-8,10-12H2,1-3H3. The first-order valence-corrected chi connectivity index (χ1v) is 7.36. The van der Waals surface area contributed by atoms with E-state index in [-0.39, 0.29) is 5.60 Å². The van der Waals surface area contributed by atoms with Crippen LogP contribution in [0, 0.1) is 0 Å². The Morgan fingerprint density at radius 1 is 1.29 bits per heavy atom. The lowest BCUT2D eigenvalue weighted by molar-refractivity contribution is -0.0159. The Morgan fingerprint density at radius 2 is 2.14 bits per heavy atom. The Bertz CT molecular complexity index is 444. The van der Waals surface area contributed by atoms with Crippen LogP contribution >= 0.6 is 0 Å². The van der Waals surface area contributed by atoms with E-state index in [0.29, 0.717) is 13.2 Å². The van der Waals surface area contributed by atoms with Crippen LogP contribution < -0.4 is 14.8 Å². The Hall–Kier alpha value is -1.30. The minimum absolute atomic E-state index is 0.185. The Balaban J connectivity index is 1.91. The molecule has 1 aliphatic rings. The van der Waals surface area contributed by atoms with Crippen molar-refractivity contribution in [1.82, 2.24) is 5.32 Å². The van der Waals surface area contributed by atoms with Crippen molar-refractivity contribution in [3.05, 3.63) is 23.8 Å². The molecule has 0 radical (unpaired) electrons. The number of nitrogens with one attached hydrogen (secondary N) is 1. The zero-order chi connectivity index (χ0) is 15.1. The van der Waals surface area contributed by atoms with E-state index in [0.717, 1.165) is 43.2 Å². The van der Waals surface area contributed by atoms with Crippen molar-refractivity contribution in [2.45, 2.75) is 25.5 Å². The van der Waals surface area contributed by atoms with Crippen molar-refractivity contribution in [3.63, 3.8) is 0 Å². The number of hydrogen-bond acceptors (Lipinski definition) is 5. The first-order chi connectivity index (χ1) is 10.2. The van der Waals surface area contributed by atoms with Gasteiger partial charge in [0.2, 0.25) is 0 Å².